The molecule has 0 aromatic heterocycles. The lowest BCUT2D eigenvalue weighted by Crippen LogP contribution is -2.27. The van der Waals surface area contributed by atoms with Gasteiger partial charge in [0.1, 0.15) is 0 Å². The van der Waals surface area contributed by atoms with E-state index in [-0.39, 0.29) is 0 Å². The van der Waals surface area contributed by atoms with Crippen LogP contribution < -0.4 is 0 Å². The van der Waals surface area contributed by atoms with Gasteiger partial charge in [-0.2, -0.15) is 23.5 Å². The molecule has 1 aromatic carbocycles. The van der Waals surface area contributed by atoms with Gasteiger partial charge in [-0.1, -0.05) is 42.5 Å². The summed E-state index contributed by atoms with van der Waals surface area (Å²) in [5, 5.41) is 0. The van der Waals surface area contributed by atoms with Crippen LogP contribution in [0.1, 0.15) is 5.56 Å². The van der Waals surface area contributed by atoms with Gasteiger partial charge < -0.3 is 9.64 Å². The van der Waals surface area contributed by atoms with Crippen LogP contribution in [0.2, 0.25) is 0 Å². The third-order valence-electron chi connectivity index (χ3n) is 3.72. The summed E-state index contributed by atoms with van der Waals surface area (Å²) >= 11 is 12.2. The second-order valence-electron chi connectivity index (χ2n) is 6.10. The van der Waals surface area contributed by atoms with Gasteiger partial charge in [0.05, 0.1) is 12.7 Å². The molecule has 0 radical (unpaired) electrons. The van der Waals surface area contributed by atoms with Crippen molar-refractivity contribution in [3.63, 3.8) is 0 Å². The highest BCUT2D eigenvalue weighted by molar-refractivity contribution is 8.05. The molecule has 1 fully saturated rings. The van der Waals surface area contributed by atoms with E-state index in [0.717, 1.165) is 42.7 Å². The van der Waals surface area contributed by atoms with Crippen molar-refractivity contribution in [1.82, 2.24) is 4.90 Å². The Balaban J connectivity index is 1.84. The smallest absolute Gasteiger partial charge is 0.0756 e. The normalized spacial score (nSPS) is 16.3. The number of thiol groups is 2. The van der Waals surface area contributed by atoms with Crippen LogP contribution in [-0.4, -0.2) is 47.2 Å². The van der Waals surface area contributed by atoms with E-state index in [1.165, 1.54) is 11.1 Å². The maximum absolute atomic E-state index is 6.16. The van der Waals surface area contributed by atoms with Crippen LogP contribution in [-0.2, 0) is 11.3 Å². The molecule has 0 spiro atoms. The SMILES string of the molecule is C=C1CSCC(OCCN(/C=C/C=C(S)S)Cc2ccccc2)CSC1. The minimum atomic E-state index is 0.321. The molecule has 0 bridgehead atoms. The first-order valence-corrected chi connectivity index (χ1v) is 11.8. The number of nitrogens with zero attached hydrogens (tertiary/aromatic N) is 1. The van der Waals surface area contributed by atoms with Crippen molar-refractivity contribution in [1.29, 1.82) is 0 Å². The van der Waals surface area contributed by atoms with Crippen LogP contribution in [0.3, 0.4) is 0 Å². The maximum atomic E-state index is 6.16. The van der Waals surface area contributed by atoms with E-state index in [2.05, 4.69) is 67.2 Å². The summed E-state index contributed by atoms with van der Waals surface area (Å²) in [6, 6.07) is 10.5. The first kappa shape index (κ1) is 21.9. The number of ether oxygens (including phenoxy) is 1. The third-order valence-corrected chi connectivity index (χ3v) is 6.46. The molecule has 1 aromatic rings. The zero-order chi connectivity index (χ0) is 18.6. The van der Waals surface area contributed by atoms with Gasteiger partial charge in [-0.3, -0.25) is 0 Å². The molecule has 2 rings (SSSR count). The molecule has 6 heteroatoms. The van der Waals surface area contributed by atoms with E-state index in [9.17, 15) is 0 Å². The van der Waals surface area contributed by atoms with Crippen LogP contribution in [0, 0.1) is 0 Å². The maximum Gasteiger partial charge on any atom is 0.0756 e. The monoisotopic (exact) mass is 425 g/mol. The van der Waals surface area contributed by atoms with E-state index in [1.54, 1.807) is 0 Å². The van der Waals surface area contributed by atoms with Gasteiger partial charge in [-0.25, -0.2) is 0 Å². The number of hydrogen-bond acceptors (Lipinski definition) is 6. The molecule has 0 aliphatic carbocycles. The third kappa shape index (κ3) is 9.51. The number of allylic oxidation sites excluding steroid dienone is 2. The zero-order valence-corrected chi connectivity index (χ0v) is 18.3. The molecule has 1 aliphatic heterocycles. The van der Waals surface area contributed by atoms with Gasteiger partial charge in [-0.05, 0) is 23.9 Å². The van der Waals surface area contributed by atoms with Crippen LogP contribution in [0.25, 0.3) is 0 Å². The Morgan fingerprint density at radius 2 is 1.88 bits per heavy atom. The summed E-state index contributed by atoms with van der Waals surface area (Å²) in [4.78, 5) is 2.27. The molecule has 0 saturated carbocycles. The number of hydrogen-bond donors (Lipinski definition) is 2. The van der Waals surface area contributed by atoms with Gasteiger partial charge in [0.25, 0.3) is 0 Å². The predicted molar refractivity (Wildman–Crippen MR) is 126 cm³/mol. The van der Waals surface area contributed by atoms with Gasteiger partial charge >= 0.3 is 0 Å². The Labute approximate surface area is 177 Å². The largest absolute Gasteiger partial charge is 0.375 e. The first-order chi connectivity index (χ1) is 12.6. The number of thioether (sulfide) groups is 2. The lowest BCUT2D eigenvalue weighted by atomic mass is 10.2. The van der Waals surface area contributed by atoms with E-state index in [4.69, 9.17) is 4.74 Å². The highest BCUT2D eigenvalue weighted by Gasteiger charge is 2.14. The van der Waals surface area contributed by atoms with Crippen molar-refractivity contribution < 1.29 is 4.74 Å². The second-order valence-corrected chi connectivity index (χ2v) is 9.47. The quantitative estimate of drug-likeness (QED) is 0.340. The summed E-state index contributed by atoms with van der Waals surface area (Å²) in [5.74, 6) is 4.20. The topological polar surface area (TPSA) is 12.5 Å². The van der Waals surface area contributed by atoms with Crippen molar-refractivity contribution in [2.24, 2.45) is 0 Å². The van der Waals surface area contributed by atoms with Crippen molar-refractivity contribution in [3.05, 3.63) is 70.6 Å². The molecule has 0 unspecified atom stereocenters. The van der Waals surface area contributed by atoms with Crippen LogP contribution in [0.15, 0.2) is 65.1 Å². The lowest BCUT2D eigenvalue weighted by Gasteiger charge is -2.24. The fourth-order valence-electron chi connectivity index (χ4n) is 2.47. The molecule has 1 heterocycles. The predicted octanol–water partition coefficient (Wildman–Crippen LogP) is 5.12. The van der Waals surface area contributed by atoms with Crippen molar-refractivity contribution in [3.8, 4) is 0 Å². The molecule has 0 N–H and O–H groups in total. The molecular weight excluding hydrogens is 398 g/mol. The van der Waals surface area contributed by atoms with E-state index < -0.39 is 0 Å². The average molecular weight is 426 g/mol. The Hall–Kier alpha value is -0.400. The van der Waals surface area contributed by atoms with Gasteiger partial charge in [0.15, 0.2) is 0 Å². The fourth-order valence-corrected chi connectivity index (χ4v) is 4.89. The van der Waals surface area contributed by atoms with E-state index in [1.807, 2.05) is 41.7 Å². The Bertz CT molecular complexity index is 587. The summed E-state index contributed by atoms with van der Waals surface area (Å²) in [5.41, 5.74) is 2.62. The van der Waals surface area contributed by atoms with Gasteiger partial charge in [-0.15, -0.1) is 25.3 Å². The minimum Gasteiger partial charge on any atom is -0.375 e. The van der Waals surface area contributed by atoms with Crippen molar-refractivity contribution >= 4 is 48.8 Å². The molecule has 0 amide bonds. The second kappa shape index (κ2) is 12.9. The Kier molecular flexibility index (Phi) is 10.9. The molecule has 1 aliphatic rings. The molecule has 2 nitrogen and oxygen atoms in total. The average Bonchev–Trinajstić information content (AvgIpc) is 2.59. The van der Waals surface area contributed by atoms with Gasteiger partial charge in [0, 0.05) is 40.3 Å². The standard InChI is InChI=1S/C20H27NOS4/c1-17-13-25-15-19(16-26-14-17)22-11-10-21(9-5-8-20(23)24)12-18-6-3-2-4-7-18/h2-9,19,23-24H,1,10-16H2/b9-5+. The summed E-state index contributed by atoms with van der Waals surface area (Å²) in [6.07, 6.45) is 6.25. The highest BCUT2D eigenvalue weighted by Crippen LogP contribution is 2.21. The van der Waals surface area contributed by atoms with E-state index >= 15 is 0 Å². The molecule has 1 saturated heterocycles. The first-order valence-electron chi connectivity index (χ1n) is 8.61. The Morgan fingerprint density at radius 3 is 2.54 bits per heavy atom. The molecule has 0 atom stereocenters. The Morgan fingerprint density at radius 1 is 1.19 bits per heavy atom. The van der Waals surface area contributed by atoms with Crippen LogP contribution >= 0.6 is 48.8 Å². The van der Waals surface area contributed by atoms with Crippen LogP contribution in [0.5, 0.6) is 0 Å². The molecule has 26 heavy (non-hydrogen) atoms. The molecule has 142 valence electrons. The van der Waals surface area contributed by atoms with Crippen molar-refractivity contribution in [2.75, 3.05) is 36.2 Å². The zero-order valence-electron chi connectivity index (χ0n) is 14.9. The van der Waals surface area contributed by atoms with E-state index in [0.29, 0.717) is 10.3 Å². The van der Waals surface area contributed by atoms with Crippen molar-refractivity contribution in [2.45, 2.75) is 12.6 Å². The van der Waals surface area contributed by atoms with Crippen LogP contribution in [0.4, 0.5) is 0 Å². The number of rotatable bonds is 8. The van der Waals surface area contributed by atoms with Gasteiger partial charge in [0.2, 0.25) is 0 Å². The lowest BCUT2D eigenvalue weighted by molar-refractivity contribution is 0.0716. The highest BCUT2D eigenvalue weighted by atomic mass is 32.2. The number of benzene rings is 1. The summed E-state index contributed by atoms with van der Waals surface area (Å²) < 4.78 is 6.85. The summed E-state index contributed by atoms with van der Waals surface area (Å²) in [6.45, 7) is 6.53. The molecular formula is C20H27NOS4. The fraction of sp³-hybridized carbons (Fsp3) is 0.400. The summed E-state index contributed by atoms with van der Waals surface area (Å²) in [7, 11) is 0. The minimum absolute atomic E-state index is 0.321.